The minimum atomic E-state index is -3.57. The van der Waals surface area contributed by atoms with E-state index < -0.39 is 15.1 Å². The molecule has 262 valence electrons. The number of hydrogen-bond donors (Lipinski definition) is 3. The van der Waals surface area contributed by atoms with Gasteiger partial charge in [-0.3, -0.25) is 5.10 Å². The molecule has 2 aromatic carbocycles. The zero-order valence-corrected chi connectivity index (χ0v) is 30.2. The third-order valence-corrected chi connectivity index (χ3v) is 11.7. The van der Waals surface area contributed by atoms with E-state index in [2.05, 4.69) is 39.9 Å². The normalized spacial score (nSPS) is 16.1. The van der Waals surface area contributed by atoms with E-state index in [1.54, 1.807) is 38.1 Å². The largest absolute Gasteiger partial charge is 0.489 e. The first-order valence-corrected chi connectivity index (χ1v) is 18.9. The van der Waals surface area contributed by atoms with Crippen molar-refractivity contribution in [2.75, 3.05) is 36.8 Å². The van der Waals surface area contributed by atoms with Crippen LogP contribution in [0.3, 0.4) is 0 Å². The zero-order chi connectivity index (χ0) is 34.9. The number of rotatable bonds is 9. The highest BCUT2D eigenvalue weighted by Gasteiger charge is 2.29. The predicted molar refractivity (Wildman–Crippen MR) is 193 cm³/mol. The van der Waals surface area contributed by atoms with Gasteiger partial charge >= 0.3 is 6.03 Å². The number of aromatic amines is 1. The van der Waals surface area contributed by atoms with Gasteiger partial charge in [0, 0.05) is 31.9 Å². The average Bonchev–Trinajstić information content (AvgIpc) is 3.46. The molecule has 2 aliphatic heterocycles. The summed E-state index contributed by atoms with van der Waals surface area (Å²) in [6, 6.07) is 11.2. The van der Waals surface area contributed by atoms with Gasteiger partial charge in [-0.2, -0.15) is 15.1 Å². The number of hydrogen-bond acceptors (Lipinski definition) is 9. The lowest BCUT2D eigenvalue weighted by atomic mass is 9.86. The first-order chi connectivity index (χ1) is 23.4. The molecule has 12 nitrogen and oxygen atoms in total. The number of para-hydroxylation sites is 1. The Bertz CT molecular complexity index is 1930. The summed E-state index contributed by atoms with van der Waals surface area (Å²) in [5.41, 5.74) is 4.66. The molecule has 2 aromatic heterocycles. The molecule has 2 amide bonds. The van der Waals surface area contributed by atoms with Crippen LogP contribution < -0.4 is 15.4 Å². The van der Waals surface area contributed by atoms with Gasteiger partial charge in [-0.05, 0) is 115 Å². The van der Waals surface area contributed by atoms with Crippen LogP contribution in [0.15, 0.2) is 41.3 Å². The maximum atomic E-state index is 13.2. The van der Waals surface area contributed by atoms with Gasteiger partial charge in [-0.1, -0.05) is 12.1 Å². The number of aryl methyl sites for hydroxylation is 2. The van der Waals surface area contributed by atoms with Crippen LogP contribution in [0.1, 0.15) is 82.5 Å². The highest BCUT2D eigenvalue weighted by Crippen LogP contribution is 2.39. The van der Waals surface area contributed by atoms with Crippen molar-refractivity contribution in [3.8, 4) is 5.75 Å². The molecule has 2 fully saturated rings. The molecule has 2 aliphatic rings. The number of piperidine rings is 2. The predicted octanol–water partition coefficient (Wildman–Crippen LogP) is 7.21. The lowest BCUT2D eigenvalue weighted by Gasteiger charge is -2.37. The number of aromatic nitrogens is 4. The molecule has 0 aliphatic carbocycles. The van der Waals surface area contributed by atoms with E-state index in [0.717, 1.165) is 63.1 Å². The van der Waals surface area contributed by atoms with E-state index in [4.69, 9.17) is 14.7 Å². The fourth-order valence-electron chi connectivity index (χ4n) is 6.79. The summed E-state index contributed by atoms with van der Waals surface area (Å²) in [4.78, 5) is 26.9. The molecule has 13 heteroatoms. The minimum Gasteiger partial charge on any atom is -0.489 e. The Kier molecular flexibility index (Phi) is 10.0. The van der Waals surface area contributed by atoms with Crippen LogP contribution in [0.2, 0.25) is 0 Å². The van der Waals surface area contributed by atoms with E-state index in [9.17, 15) is 13.2 Å². The van der Waals surface area contributed by atoms with E-state index in [0.29, 0.717) is 39.9 Å². The van der Waals surface area contributed by atoms with Gasteiger partial charge in [0.15, 0.2) is 15.5 Å². The summed E-state index contributed by atoms with van der Waals surface area (Å²) in [6.45, 7) is 14.5. The summed E-state index contributed by atoms with van der Waals surface area (Å²) in [7, 11) is -3.57. The number of sulfone groups is 1. The van der Waals surface area contributed by atoms with Crippen LogP contribution >= 0.6 is 0 Å². The summed E-state index contributed by atoms with van der Waals surface area (Å²) >= 11 is 0. The quantitative estimate of drug-likeness (QED) is 0.166. The standard InChI is InChI=1S/C36H48N8O4S/c1-22(2)48-30-21-27(26-14-18-44(19-15-26)36(45)43-16-10-7-11-17-43)24(5)20-29(30)38-35-39-33(32-25(6)41-42-34(32)40-35)37-28-12-8-9-13-31(28)49(46,47)23(3)4/h8-9,12-13,20-23,26H,7,10-11,14-19H2,1-6H3,(H3,37,38,39,40,41,42). The van der Waals surface area contributed by atoms with Crippen LogP contribution in [0.25, 0.3) is 11.0 Å². The van der Waals surface area contributed by atoms with E-state index in [-0.39, 0.29) is 23.0 Å². The second-order valence-corrected chi connectivity index (χ2v) is 16.2. The molecule has 6 rings (SSSR count). The molecule has 2 saturated heterocycles. The molecule has 0 unspecified atom stereocenters. The number of fused-ring (bicyclic) bond motifs is 1. The van der Waals surface area contributed by atoms with Crippen molar-refractivity contribution in [2.45, 2.75) is 95.8 Å². The first-order valence-electron chi connectivity index (χ1n) is 17.4. The van der Waals surface area contributed by atoms with Crippen molar-refractivity contribution in [1.29, 1.82) is 0 Å². The van der Waals surface area contributed by atoms with Crippen LogP contribution in [0.5, 0.6) is 5.75 Å². The molecule has 0 radical (unpaired) electrons. The van der Waals surface area contributed by atoms with Crippen molar-refractivity contribution < 1.29 is 17.9 Å². The Morgan fingerprint density at radius 3 is 2.31 bits per heavy atom. The molecule has 49 heavy (non-hydrogen) atoms. The topological polar surface area (TPSA) is 145 Å². The van der Waals surface area contributed by atoms with Crippen LogP contribution in [-0.2, 0) is 9.84 Å². The summed E-state index contributed by atoms with van der Waals surface area (Å²) in [6.07, 6.45) is 5.11. The van der Waals surface area contributed by atoms with Crippen molar-refractivity contribution >= 4 is 50.0 Å². The van der Waals surface area contributed by atoms with E-state index in [1.165, 1.54) is 12.0 Å². The monoisotopic (exact) mass is 688 g/mol. The number of carbonyl (C=O) groups is 1. The number of urea groups is 1. The first kappa shape index (κ1) is 34.5. The smallest absolute Gasteiger partial charge is 0.319 e. The Labute approximate surface area is 289 Å². The molecular formula is C36H48N8O4S. The van der Waals surface area contributed by atoms with Gasteiger partial charge in [-0.15, -0.1) is 0 Å². The third-order valence-electron chi connectivity index (χ3n) is 9.47. The molecule has 4 aromatic rings. The second-order valence-electron chi connectivity index (χ2n) is 13.7. The van der Waals surface area contributed by atoms with Crippen molar-refractivity contribution in [2.24, 2.45) is 0 Å². The van der Waals surface area contributed by atoms with Gasteiger partial charge in [0.05, 0.1) is 33.0 Å². The lowest BCUT2D eigenvalue weighted by molar-refractivity contribution is 0.131. The fourth-order valence-corrected chi connectivity index (χ4v) is 8.00. The maximum absolute atomic E-state index is 13.2. The minimum absolute atomic E-state index is 0.0749. The van der Waals surface area contributed by atoms with Crippen molar-refractivity contribution in [3.05, 3.63) is 53.2 Å². The summed E-state index contributed by atoms with van der Waals surface area (Å²) in [5.74, 6) is 1.71. The highest BCUT2D eigenvalue weighted by molar-refractivity contribution is 7.92. The van der Waals surface area contributed by atoms with Gasteiger partial charge in [0.25, 0.3) is 0 Å². The third kappa shape index (κ3) is 7.31. The number of carbonyl (C=O) groups excluding carboxylic acids is 1. The van der Waals surface area contributed by atoms with Crippen LogP contribution in [-0.4, -0.2) is 81.9 Å². The number of nitrogens with zero attached hydrogens (tertiary/aromatic N) is 5. The number of nitrogens with one attached hydrogen (secondary N) is 3. The zero-order valence-electron chi connectivity index (χ0n) is 29.3. The second kappa shape index (κ2) is 14.2. The molecule has 0 bridgehead atoms. The molecule has 3 N–H and O–H groups in total. The number of ether oxygens (including phenoxy) is 1. The molecular weight excluding hydrogens is 641 g/mol. The molecule has 0 saturated carbocycles. The number of amides is 2. The number of benzene rings is 2. The van der Waals surface area contributed by atoms with Gasteiger partial charge in [0.1, 0.15) is 11.6 Å². The van der Waals surface area contributed by atoms with Gasteiger partial charge in [0.2, 0.25) is 5.95 Å². The van der Waals surface area contributed by atoms with Crippen LogP contribution in [0.4, 0.5) is 27.9 Å². The number of likely N-dealkylation sites (tertiary alicyclic amines) is 2. The summed E-state index contributed by atoms with van der Waals surface area (Å²) < 4.78 is 32.8. The van der Waals surface area contributed by atoms with Gasteiger partial charge < -0.3 is 25.2 Å². The number of anilines is 4. The Balaban J connectivity index is 1.28. The molecule has 4 heterocycles. The van der Waals surface area contributed by atoms with Crippen LogP contribution in [0, 0.1) is 13.8 Å². The molecule has 0 spiro atoms. The van der Waals surface area contributed by atoms with Crippen molar-refractivity contribution in [3.63, 3.8) is 0 Å². The van der Waals surface area contributed by atoms with E-state index >= 15 is 0 Å². The summed E-state index contributed by atoms with van der Waals surface area (Å²) in [5, 5.41) is 14.1. The highest BCUT2D eigenvalue weighted by atomic mass is 32.2. The fraction of sp³-hybridized carbons (Fsp3) is 0.500. The Morgan fingerprint density at radius 2 is 1.61 bits per heavy atom. The van der Waals surface area contributed by atoms with E-state index in [1.807, 2.05) is 30.6 Å². The molecule has 0 atom stereocenters. The maximum Gasteiger partial charge on any atom is 0.319 e. The Hall–Kier alpha value is -4.39. The van der Waals surface area contributed by atoms with Crippen molar-refractivity contribution in [1.82, 2.24) is 30.0 Å². The Morgan fingerprint density at radius 1 is 0.918 bits per heavy atom. The SMILES string of the molecule is Cc1cc(Nc2nc(Nc3ccccc3S(=O)(=O)C(C)C)c3c(C)[nH]nc3n2)c(OC(C)C)cc1C1CCN(C(=O)N2CCCCC2)CC1. The average molecular weight is 689 g/mol. The number of H-pyrrole nitrogens is 1. The van der Waals surface area contributed by atoms with Gasteiger partial charge in [-0.25, -0.2) is 13.2 Å². The lowest BCUT2D eigenvalue weighted by Crippen LogP contribution is -2.48.